The van der Waals surface area contributed by atoms with Crippen LogP contribution in [-0.4, -0.2) is 41.6 Å². The van der Waals surface area contributed by atoms with Crippen molar-refractivity contribution in [2.45, 2.75) is 51.5 Å². The molecule has 1 aliphatic rings. The van der Waals surface area contributed by atoms with Crippen molar-refractivity contribution in [2.24, 2.45) is 5.73 Å². The molecule has 1 atom stereocenters. The third-order valence-corrected chi connectivity index (χ3v) is 4.86. The van der Waals surface area contributed by atoms with E-state index in [9.17, 15) is 4.79 Å². The number of nitrogens with zero attached hydrogens (tertiary/aromatic N) is 2. The molecule has 2 amide bonds. The molecule has 0 saturated carbocycles. The van der Waals surface area contributed by atoms with Gasteiger partial charge < -0.3 is 16.0 Å². The molecule has 1 unspecified atom stereocenters. The molecule has 3 N–H and O–H groups in total. The minimum absolute atomic E-state index is 0.0192. The predicted molar refractivity (Wildman–Crippen MR) is 86.7 cm³/mol. The SMILES string of the molecule is CC(C)c1csc(CCNC(=O)N2CCCCC2CN)n1. The molecule has 1 aromatic rings. The van der Waals surface area contributed by atoms with Crippen LogP contribution >= 0.6 is 11.3 Å². The van der Waals surface area contributed by atoms with Gasteiger partial charge in [-0.15, -0.1) is 11.3 Å². The van der Waals surface area contributed by atoms with Gasteiger partial charge in [-0.25, -0.2) is 9.78 Å². The van der Waals surface area contributed by atoms with Gasteiger partial charge in [-0.05, 0) is 25.2 Å². The van der Waals surface area contributed by atoms with Crippen molar-refractivity contribution in [1.29, 1.82) is 0 Å². The molecule has 0 aromatic carbocycles. The Balaban J connectivity index is 1.77. The average molecular weight is 310 g/mol. The van der Waals surface area contributed by atoms with Crippen LogP contribution in [0, 0.1) is 0 Å². The van der Waals surface area contributed by atoms with Crippen LogP contribution < -0.4 is 11.1 Å². The summed E-state index contributed by atoms with van der Waals surface area (Å²) in [6.45, 7) is 6.30. The van der Waals surface area contributed by atoms with Gasteiger partial charge in [0.05, 0.1) is 10.7 Å². The van der Waals surface area contributed by atoms with Crippen LogP contribution in [-0.2, 0) is 6.42 Å². The van der Waals surface area contributed by atoms with Gasteiger partial charge in [0.2, 0.25) is 0 Å². The topological polar surface area (TPSA) is 71.2 Å². The first kappa shape index (κ1) is 16.2. The Morgan fingerprint density at radius 3 is 3.05 bits per heavy atom. The van der Waals surface area contributed by atoms with E-state index in [-0.39, 0.29) is 12.1 Å². The fourth-order valence-electron chi connectivity index (χ4n) is 2.60. The molecule has 0 bridgehead atoms. The van der Waals surface area contributed by atoms with Gasteiger partial charge in [0, 0.05) is 37.5 Å². The van der Waals surface area contributed by atoms with Crippen LogP contribution in [0.25, 0.3) is 0 Å². The number of rotatable bonds is 5. The van der Waals surface area contributed by atoms with Gasteiger partial charge in [-0.2, -0.15) is 0 Å². The second kappa shape index (κ2) is 7.75. The number of amides is 2. The third-order valence-electron chi connectivity index (χ3n) is 3.94. The summed E-state index contributed by atoms with van der Waals surface area (Å²) in [6, 6.07) is 0.219. The molecule has 6 heteroatoms. The summed E-state index contributed by atoms with van der Waals surface area (Å²) >= 11 is 1.67. The highest BCUT2D eigenvalue weighted by molar-refractivity contribution is 7.09. The zero-order valence-corrected chi connectivity index (χ0v) is 13.8. The fraction of sp³-hybridized carbons (Fsp3) is 0.733. The Labute approximate surface area is 130 Å². The molecule has 5 nitrogen and oxygen atoms in total. The van der Waals surface area contributed by atoms with Gasteiger partial charge in [-0.3, -0.25) is 0 Å². The normalized spacial score (nSPS) is 19.0. The van der Waals surface area contributed by atoms with E-state index in [2.05, 4.69) is 29.5 Å². The molecule has 1 saturated heterocycles. The first-order valence-corrected chi connectivity index (χ1v) is 8.68. The molecule has 2 rings (SSSR count). The van der Waals surface area contributed by atoms with E-state index >= 15 is 0 Å². The summed E-state index contributed by atoms with van der Waals surface area (Å²) in [7, 11) is 0. The maximum absolute atomic E-state index is 12.2. The van der Waals surface area contributed by atoms with Crippen LogP contribution in [0.15, 0.2) is 5.38 Å². The second-order valence-electron chi connectivity index (χ2n) is 5.88. The molecular weight excluding hydrogens is 284 g/mol. The van der Waals surface area contributed by atoms with Gasteiger partial charge in [-0.1, -0.05) is 13.8 Å². The highest BCUT2D eigenvalue weighted by atomic mass is 32.1. The summed E-state index contributed by atoms with van der Waals surface area (Å²) in [5.74, 6) is 0.461. The van der Waals surface area contributed by atoms with Crippen molar-refractivity contribution >= 4 is 17.4 Å². The van der Waals surface area contributed by atoms with Crippen LogP contribution in [0.5, 0.6) is 0 Å². The molecule has 118 valence electrons. The lowest BCUT2D eigenvalue weighted by atomic mass is 10.0. The molecule has 1 aliphatic heterocycles. The molecule has 0 aliphatic carbocycles. The van der Waals surface area contributed by atoms with E-state index < -0.39 is 0 Å². The van der Waals surface area contributed by atoms with Crippen molar-refractivity contribution in [2.75, 3.05) is 19.6 Å². The Kier molecular flexibility index (Phi) is 5.99. The molecule has 21 heavy (non-hydrogen) atoms. The molecular formula is C15H26N4OS. The number of nitrogens with two attached hydrogens (primary N) is 1. The Hall–Kier alpha value is -1.14. The van der Waals surface area contributed by atoms with Crippen LogP contribution in [0.2, 0.25) is 0 Å². The molecule has 0 spiro atoms. The van der Waals surface area contributed by atoms with Crippen LogP contribution in [0.3, 0.4) is 0 Å². The standard InChI is InChI=1S/C15H26N4OS/c1-11(2)13-10-21-14(18-13)6-7-17-15(20)19-8-4-3-5-12(19)9-16/h10-12H,3-9,16H2,1-2H3,(H,17,20). The summed E-state index contributed by atoms with van der Waals surface area (Å²) in [4.78, 5) is 18.7. The number of hydrogen-bond donors (Lipinski definition) is 2. The lowest BCUT2D eigenvalue weighted by molar-refractivity contribution is 0.154. The van der Waals surface area contributed by atoms with Crippen molar-refractivity contribution in [3.63, 3.8) is 0 Å². The number of thiazole rings is 1. The summed E-state index contributed by atoms with van der Waals surface area (Å²) in [6.07, 6.45) is 4.06. The lowest BCUT2D eigenvalue weighted by Gasteiger charge is -2.34. The largest absolute Gasteiger partial charge is 0.338 e. The summed E-state index contributed by atoms with van der Waals surface area (Å²) in [5, 5.41) is 6.20. The molecule has 1 fully saturated rings. The van der Waals surface area contributed by atoms with Crippen molar-refractivity contribution in [3.8, 4) is 0 Å². The van der Waals surface area contributed by atoms with Gasteiger partial charge in [0.15, 0.2) is 0 Å². The zero-order chi connectivity index (χ0) is 15.2. The number of urea groups is 1. The molecule has 1 aromatic heterocycles. The fourth-order valence-corrected chi connectivity index (χ4v) is 3.56. The van der Waals surface area contributed by atoms with Crippen LogP contribution in [0.4, 0.5) is 4.79 Å². The smallest absolute Gasteiger partial charge is 0.317 e. The van der Waals surface area contributed by atoms with Gasteiger partial charge in [0.25, 0.3) is 0 Å². The maximum atomic E-state index is 12.2. The van der Waals surface area contributed by atoms with E-state index in [0.717, 1.165) is 36.5 Å². The van der Waals surface area contributed by atoms with E-state index in [1.807, 2.05) is 4.90 Å². The third kappa shape index (κ3) is 4.41. The highest BCUT2D eigenvalue weighted by Gasteiger charge is 2.25. The molecule has 0 radical (unpaired) electrons. The van der Waals surface area contributed by atoms with Crippen molar-refractivity contribution < 1.29 is 4.79 Å². The number of likely N-dealkylation sites (tertiary alicyclic amines) is 1. The maximum Gasteiger partial charge on any atom is 0.317 e. The van der Waals surface area contributed by atoms with Crippen molar-refractivity contribution in [1.82, 2.24) is 15.2 Å². The van der Waals surface area contributed by atoms with Gasteiger partial charge >= 0.3 is 6.03 Å². The number of carbonyl (C=O) groups is 1. The molecule has 2 heterocycles. The highest BCUT2D eigenvalue weighted by Crippen LogP contribution is 2.18. The zero-order valence-electron chi connectivity index (χ0n) is 13.0. The summed E-state index contributed by atoms with van der Waals surface area (Å²) in [5.41, 5.74) is 6.89. The average Bonchev–Trinajstić information content (AvgIpc) is 2.96. The Morgan fingerprint density at radius 2 is 2.38 bits per heavy atom. The first-order valence-electron chi connectivity index (χ1n) is 7.80. The lowest BCUT2D eigenvalue weighted by Crippen LogP contribution is -2.51. The van der Waals surface area contributed by atoms with Crippen molar-refractivity contribution in [3.05, 3.63) is 16.1 Å². The number of nitrogens with one attached hydrogen (secondary N) is 1. The Morgan fingerprint density at radius 1 is 1.57 bits per heavy atom. The first-order chi connectivity index (χ1) is 10.1. The monoisotopic (exact) mass is 310 g/mol. The predicted octanol–water partition coefficient (Wildman–Crippen LogP) is 2.33. The van der Waals surface area contributed by atoms with Crippen LogP contribution in [0.1, 0.15) is 49.7 Å². The quantitative estimate of drug-likeness (QED) is 0.877. The van der Waals surface area contributed by atoms with E-state index in [0.29, 0.717) is 19.0 Å². The van der Waals surface area contributed by atoms with Gasteiger partial charge in [0.1, 0.15) is 0 Å². The number of aromatic nitrogens is 1. The number of piperidine rings is 1. The summed E-state index contributed by atoms with van der Waals surface area (Å²) < 4.78 is 0. The van der Waals surface area contributed by atoms with E-state index in [1.54, 1.807) is 11.3 Å². The van der Waals surface area contributed by atoms with E-state index in [4.69, 9.17) is 5.73 Å². The number of carbonyl (C=O) groups excluding carboxylic acids is 1. The number of hydrogen-bond acceptors (Lipinski definition) is 4. The minimum atomic E-state index is 0.0192. The minimum Gasteiger partial charge on any atom is -0.338 e. The van der Waals surface area contributed by atoms with E-state index in [1.165, 1.54) is 6.42 Å². The second-order valence-corrected chi connectivity index (χ2v) is 6.82. The Bertz CT molecular complexity index is 460.